The van der Waals surface area contributed by atoms with Gasteiger partial charge in [0.05, 0.1) is 18.3 Å². The largest absolute Gasteiger partial charge is 0.481 e. The topological polar surface area (TPSA) is 66.8 Å². The zero-order valence-electron chi connectivity index (χ0n) is 15.7. The minimum atomic E-state index is -0.706. The van der Waals surface area contributed by atoms with E-state index in [2.05, 4.69) is 6.08 Å². The molecule has 5 heteroatoms. The van der Waals surface area contributed by atoms with Gasteiger partial charge >= 0.3 is 5.97 Å². The van der Waals surface area contributed by atoms with E-state index in [1.54, 1.807) is 0 Å². The molecular weight excluding hydrogens is 360 g/mol. The highest BCUT2D eigenvalue weighted by atomic mass is 32.2. The molecule has 0 aliphatic carbocycles. The second-order valence-electron chi connectivity index (χ2n) is 7.52. The summed E-state index contributed by atoms with van der Waals surface area (Å²) < 4.78 is 6.15. The zero-order chi connectivity index (χ0) is 19.1. The molecule has 2 saturated heterocycles. The van der Waals surface area contributed by atoms with E-state index >= 15 is 0 Å². The van der Waals surface area contributed by atoms with Crippen LogP contribution in [0.1, 0.15) is 50.2 Å². The molecule has 2 aliphatic heterocycles. The van der Waals surface area contributed by atoms with Gasteiger partial charge in [-0.2, -0.15) is 11.8 Å². The molecule has 27 heavy (non-hydrogen) atoms. The third kappa shape index (κ3) is 5.84. The van der Waals surface area contributed by atoms with Crippen LogP contribution in [-0.2, 0) is 9.53 Å². The summed E-state index contributed by atoms with van der Waals surface area (Å²) in [4.78, 5) is 10.5. The maximum atomic E-state index is 10.5. The Hall–Kier alpha value is -1.30. The van der Waals surface area contributed by atoms with Crippen LogP contribution in [0.5, 0.6) is 0 Å². The Kier molecular flexibility index (Phi) is 7.80. The highest BCUT2D eigenvalue weighted by Gasteiger charge is 2.47. The van der Waals surface area contributed by atoms with Gasteiger partial charge in [-0.05, 0) is 55.1 Å². The van der Waals surface area contributed by atoms with E-state index in [9.17, 15) is 9.90 Å². The summed E-state index contributed by atoms with van der Waals surface area (Å²) in [6.45, 7) is 0. The first-order valence-corrected chi connectivity index (χ1v) is 11.2. The van der Waals surface area contributed by atoms with Gasteiger partial charge in [-0.15, -0.1) is 0 Å². The molecule has 0 amide bonds. The molecule has 2 heterocycles. The number of fused-ring (bicyclic) bond motifs is 2. The average Bonchev–Trinajstić information content (AvgIpc) is 3.27. The maximum absolute atomic E-state index is 10.5. The van der Waals surface area contributed by atoms with Gasteiger partial charge in [0.1, 0.15) is 0 Å². The lowest BCUT2D eigenvalue weighted by molar-refractivity contribution is -0.137. The van der Waals surface area contributed by atoms with E-state index in [0.717, 1.165) is 49.2 Å². The van der Waals surface area contributed by atoms with Crippen LogP contribution >= 0.6 is 11.8 Å². The van der Waals surface area contributed by atoms with E-state index in [0.29, 0.717) is 24.0 Å². The first-order valence-electron chi connectivity index (χ1n) is 10.0. The van der Waals surface area contributed by atoms with Crippen molar-refractivity contribution in [2.75, 3.05) is 11.5 Å². The molecular formula is C22H30O4S. The summed E-state index contributed by atoms with van der Waals surface area (Å²) in [5.74, 6) is 2.24. The molecule has 3 rings (SSSR count). The molecule has 2 bridgehead atoms. The van der Waals surface area contributed by atoms with Gasteiger partial charge in [0.25, 0.3) is 0 Å². The Bertz CT molecular complexity index is 618. The van der Waals surface area contributed by atoms with E-state index in [1.165, 1.54) is 0 Å². The molecule has 1 aromatic carbocycles. The Labute approximate surface area is 166 Å². The van der Waals surface area contributed by atoms with E-state index in [-0.39, 0.29) is 6.42 Å². The highest BCUT2D eigenvalue weighted by Crippen LogP contribution is 2.46. The van der Waals surface area contributed by atoms with Gasteiger partial charge < -0.3 is 14.9 Å². The van der Waals surface area contributed by atoms with Crippen molar-refractivity contribution in [2.24, 2.45) is 11.8 Å². The fraction of sp³-hybridized carbons (Fsp3) is 0.591. The molecule has 2 aliphatic rings. The van der Waals surface area contributed by atoms with Crippen molar-refractivity contribution in [1.82, 2.24) is 0 Å². The van der Waals surface area contributed by atoms with Gasteiger partial charge in [0.2, 0.25) is 0 Å². The Morgan fingerprint density at radius 3 is 2.70 bits per heavy atom. The number of aliphatic hydroxyl groups excluding tert-OH is 1. The monoisotopic (exact) mass is 390 g/mol. The van der Waals surface area contributed by atoms with Crippen LogP contribution in [0.4, 0.5) is 0 Å². The molecule has 5 atom stereocenters. The normalized spacial score (nSPS) is 28.0. The number of carbonyl (C=O) groups is 1. The number of hydrogen-bond donors (Lipinski definition) is 2. The second-order valence-corrected chi connectivity index (χ2v) is 8.75. The number of hydrogen-bond acceptors (Lipinski definition) is 4. The van der Waals surface area contributed by atoms with Crippen molar-refractivity contribution in [3.8, 4) is 0 Å². The standard InChI is InChI=1S/C22H30O4S/c23-19(16-6-2-1-3-7-16)11-10-18-17(20-12-13-21(18)26-20)8-4-14-27-15-5-9-22(24)25/h1-3,6-7,10-11,17-21,23H,4-5,8-9,12-15H2,(H,24,25)/b11-10+/t17-,18+,19?,20-,21+/m1/s1. The lowest BCUT2D eigenvalue weighted by atomic mass is 9.76. The fourth-order valence-corrected chi connectivity index (χ4v) is 5.22. The summed E-state index contributed by atoms with van der Waals surface area (Å²) in [5.41, 5.74) is 0.923. The highest BCUT2D eigenvalue weighted by molar-refractivity contribution is 7.99. The molecule has 1 aromatic rings. The van der Waals surface area contributed by atoms with Gasteiger partial charge in [-0.3, -0.25) is 4.79 Å². The minimum Gasteiger partial charge on any atom is -0.481 e. The number of aliphatic carboxylic acids is 1. The first kappa shape index (κ1) is 20.4. The molecule has 1 unspecified atom stereocenters. The third-order valence-corrected chi connectivity index (χ3v) is 6.80. The predicted molar refractivity (Wildman–Crippen MR) is 109 cm³/mol. The van der Waals surface area contributed by atoms with Gasteiger partial charge in [-0.1, -0.05) is 42.5 Å². The molecule has 2 fully saturated rings. The summed E-state index contributed by atoms with van der Waals surface area (Å²) in [6, 6.07) is 9.75. The van der Waals surface area contributed by atoms with Crippen molar-refractivity contribution in [3.05, 3.63) is 48.0 Å². The average molecular weight is 391 g/mol. The SMILES string of the molecule is O=C(O)CCCSCCC[C@@H]1[C@H](/C=C/C(O)c2ccccc2)[C@@H]2CC[C@H]1O2. The Morgan fingerprint density at radius 1 is 1.19 bits per heavy atom. The van der Waals surface area contributed by atoms with Gasteiger partial charge in [-0.25, -0.2) is 0 Å². The van der Waals surface area contributed by atoms with Crippen molar-refractivity contribution >= 4 is 17.7 Å². The number of carboxylic acids is 1. The summed E-state index contributed by atoms with van der Waals surface area (Å²) >= 11 is 1.85. The number of benzene rings is 1. The van der Waals surface area contributed by atoms with Crippen LogP contribution in [0.15, 0.2) is 42.5 Å². The summed E-state index contributed by atoms with van der Waals surface area (Å²) in [6.07, 6.45) is 9.82. The summed E-state index contributed by atoms with van der Waals surface area (Å²) in [5, 5.41) is 19.1. The van der Waals surface area contributed by atoms with Crippen LogP contribution in [0.3, 0.4) is 0 Å². The van der Waals surface area contributed by atoms with Crippen molar-refractivity contribution in [2.45, 2.75) is 56.8 Å². The zero-order valence-corrected chi connectivity index (χ0v) is 16.5. The van der Waals surface area contributed by atoms with Crippen LogP contribution in [-0.4, -0.2) is 39.9 Å². The van der Waals surface area contributed by atoms with Crippen LogP contribution in [0.2, 0.25) is 0 Å². The van der Waals surface area contributed by atoms with Crippen LogP contribution in [0, 0.1) is 11.8 Å². The first-order chi connectivity index (χ1) is 13.1. The van der Waals surface area contributed by atoms with Crippen LogP contribution in [0.25, 0.3) is 0 Å². The predicted octanol–water partition coefficient (Wildman–Crippen LogP) is 4.45. The fourth-order valence-electron chi connectivity index (χ4n) is 4.30. The molecule has 0 radical (unpaired) electrons. The van der Waals surface area contributed by atoms with E-state index in [4.69, 9.17) is 9.84 Å². The number of rotatable bonds is 11. The van der Waals surface area contributed by atoms with Crippen molar-refractivity contribution in [1.29, 1.82) is 0 Å². The van der Waals surface area contributed by atoms with Crippen molar-refractivity contribution in [3.63, 3.8) is 0 Å². The molecule has 4 nitrogen and oxygen atoms in total. The smallest absolute Gasteiger partial charge is 0.303 e. The molecule has 0 spiro atoms. The lowest BCUT2D eigenvalue weighted by Crippen LogP contribution is -2.26. The lowest BCUT2D eigenvalue weighted by Gasteiger charge is -2.26. The molecule has 0 saturated carbocycles. The molecule has 148 valence electrons. The van der Waals surface area contributed by atoms with Gasteiger partial charge in [0, 0.05) is 12.3 Å². The molecule has 0 aromatic heterocycles. The quantitative estimate of drug-likeness (QED) is 0.432. The Balaban J connectivity index is 1.45. The van der Waals surface area contributed by atoms with E-state index in [1.807, 2.05) is 48.2 Å². The summed E-state index contributed by atoms with van der Waals surface area (Å²) in [7, 11) is 0. The maximum Gasteiger partial charge on any atom is 0.303 e. The van der Waals surface area contributed by atoms with Crippen LogP contribution < -0.4 is 0 Å². The number of aliphatic hydroxyl groups is 1. The third-order valence-electron chi connectivity index (χ3n) is 5.65. The second kappa shape index (κ2) is 10.3. The Morgan fingerprint density at radius 2 is 1.93 bits per heavy atom. The van der Waals surface area contributed by atoms with Gasteiger partial charge in [0.15, 0.2) is 0 Å². The minimum absolute atomic E-state index is 0.268. The number of ether oxygens (including phenoxy) is 1. The van der Waals surface area contributed by atoms with E-state index < -0.39 is 12.1 Å². The number of thioether (sulfide) groups is 1. The number of carboxylic acid groups (broad SMARTS) is 1. The molecule has 2 N–H and O–H groups in total. The van der Waals surface area contributed by atoms with Crippen molar-refractivity contribution < 1.29 is 19.7 Å².